The number of hydrogen-bond acceptors (Lipinski definition) is 3. The van der Waals surface area contributed by atoms with Gasteiger partial charge in [0.05, 0.1) is 13.2 Å². The maximum Gasteiger partial charge on any atom is 0.238 e. The summed E-state index contributed by atoms with van der Waals surface area (Å²) in [5.74, 6) is -1.93. The van der Waals surface area contributed by atoms with Crippen LogP contribution in [0.3, 0.4) is 0 Å². The molecule has 0 spiro atoms. The van der Waals surface area contributed by atoms with Crippen molar-refractivity contribution in [3.05, 3.63) is 42.5 Å². The van der Waals surface area contributed by atoms with Crippen LogP contribution in [0.15, 0.2) is 30.9 Å². The fourth-order valence-electron chi connectivity index (χ4n) is 1.59. The molecule has 2 N–H and O–H groups in total. The van der Waals surface area contributed by atoms with Gasteiger partial charge < -0.3 is 10.4 Å². The summed E-state index contributed by atoms with van der Waals surface area (Å²) in [5.41, 5.74) is 0.0602. The topological polar surface area (TPSA) is 52.6 Å². The van der Waals surface area contributed by atoms with Crippen LogP contribution in [-0.2, 0) is 4.79 Å². The van der Waals surface area contributed by atoms with Crippen LogP contribution >= 0.6 is 0 Å². The molecule has 104 valence electrons. The number of nitrogens with zero attached hydrogens (tertiary/aromatic N) is 1. The van der Waals surface area contributed by atoms with Crippen molar-refractivity contribution in [2.45, 2.75) is 0 Å². The van der Waals surface area contributed by atoms with E-state index in [-0.39, 0.29) is 18.8 Å². The van der Waals surface area contributed by atoms with Gasteiger partial charge in [-0.25, -0.2) is 8.78 Å². The summed E-state index contributed by atoms with van der Waals surface area (Å²) in [7, 11) is 0. The van der Waals surface area contributed by atoms with E-state index in [0.717, 1.165) is 18.2 Å². The Morgan fingerprint density at radius 2 is 2.00 bits per heavy atom. The van der Waals surface area contributed by atoms with E-state index in [1.165, 1.54) is 0 Å². The van der Waals surface area contributed by atoms with Gasteiger partial charge >= 0.3 is 0 Å². The van der Waals surface area contributed by atoms with E-state index in [2.05, 4.69) is 11.9 Å². The molecule has 0 fully saturated rings. The highest BCUT2D eigenvalue weighted by atomic mass is 19.1. The molecule has 0 radical (unpaired) electrons. The first-order valence-electron chi connectivity index (χ1n) is 5.75. The van der Waals surface area contributed by atoms with Gasteiger partial charge in [-0.3, -0.25) is 9.69 Å². The summed E-state index contributed by atoms with van der Waals surface area (Å²) in [5, 5.41) is 11.2. The van der Waals surface area contributed by atoms with Gasteiger partial charge in [0.1, 0.15) is 11.6 Å². The molecule has 19 heavy (non-hydrogen) atoms. The predicted molar refractivity (Wildman–Crippen MR) is 68.7 cm³/mol. The summed E-state index contributed by atoms with van der Waals surface area (Å²) in [4.78, 5) is 13.3. The third-order valence-corrected chi connectivity index (χ3v) is 2.32. The minimum atomic E-state index is -0.756. The lowest BCUT2D eigenvalue weighted by Crippen LogP contribution is -2.35. The van der Waals surface area contributed by atoms with E-state index in [9.17, 15) is 13.6 Å². The first kappa shape index (κ1) is 15.3. The molecule has 0 atom stereocenters. The molecule has 0 aliphatic rings. The van der Waals surface area contributed by atoms with E-state index in [1.807, 2.05) is 0 Å². The SMILES string of the molecule is C=CCN(CCO)CC(=O)Nc1cc(F)cc(F)c1. The number of anilines is 1. The lowest BCUT2D eigenvalue weighted by Gasteiger charge is -2.18. The summed E-state index contributed by atoms with van der Waals surface area (Å²) in [6, 6.07) is 2.79. The maximum atomic E-state index is 12.9. The number of aliphatic hydroxyl groups is 1. The Labute approximate surface area is 110 Å². The number of rotatable bonds is 7. The monoisotopic (exact) mass is 270 g/mol. The second kappa shape index (κ2) is 7.60. The lowest BCUT2D eigenvalue weighted by atomic mass is 10.3. The van der Waals surface area contributed by atoms with E-state index < -0.39 is 17.5 Å². The Morgan fingerprint density at radius 1 is 1.37 bits per heavy atom. The fourth-order valence-corrected chi connectivity index (χ4v) is 1.59. The van der Waals surface area contributed by atoms with Crippen molar-refractivity contribution in [1.82, 2.24) is 4.90 Å². The number of aliphatic hydroxyl groups excluding tert-OH is 1. The molecule has 0 unspecified atom stereocenters. The van der Waals surface area contributed by atoms with Crippen LogP contribution in [0.1, 0.15) is 0 Å². The van der Waals surface area contributed by atoms with Crippen molar-refractivity contribution in [1.29, 1.82) is 0 Å². The van der Waals surface area contributed by atoms with Gasteiger partial charge in [0, 0.05) is 24.8 Å². The molecular weight excluding hydrogens is 254 g/mol. The Kier molecular flexibility index (Phi) is 6.11. The first-order chi connectivity index (χ1) is 9.05. The average Bonchev–Trinajstić information content (AvgIpc) is 2.27. The van der Waals surface area contributed by atoms with Crippen LogP contribution in [0, 0.1) is 11.6 Å². The van der Waals surface area contributed by atoms with Crippen LogP contribution in [0.2, 0.25) is 0 Å². The molecule has 0 aliphatic heterocycles. The molecule has 1 aromatic carbocycles. The normalized spacial score (nSPS) is 10.5. The van der Waals surface area contributed by atoms with Crippen molar-refractivity contribution in [2.75, 3.05) is 31.6 Å². The van der Waals surface area contributed by atoms with E-state index in [0.29, 0.717) is 13.1 Å². The Bertz CT molecular complexity index is 432. The van der Waals surface area contributed by atoms with Crippen LogP contribution < -0.4 is 5.32 Å². The fraction of sp³-hybridized carbons (Fsp3) is 0.308. The van der Waals surface area contributed by atoms with Crippen LogP contribution in [0.25, 0.3) is 0 Å². The molecule has 0 saturated carbocycles. The number of amides is 1. The molecule has 1 amide bonds. The number of halogens is 2. The molecule has 1 rings (SSSR count). The molecule has 0 bridgehead atoms. The van der Waals surface area contributed by atoms with Crippen LogP contribution in [0.4, 0.5) is 14.5 Å². The Morgan fingerprint density at radius 3 is 2.53 bits per heavy atom. The van der Waals surface area contributed by atoms with Crippen molar-refractivity contribution >= 4 is 11.6 Å². The number of benzene rings is 1. The van der Waals surface area contributed by atoms with Crippen molar-refractivity contribution in [2.24, 2.45) is 0 Å². The van der Waals surface area contributed by atoms with Crippen molar-refractivity contribution < 1.29 is 18.7 Å². The van der Waals surface area contributed by atoms with E-state index in [1.54, 1.807) is 11.0 Å². The summed E-state index contributed by atoms with van der Waals surface area (Å²) in [6.07, 6.45) is 1.60. The predicted octanol–water partition coefficient (Wildman–Crippen LogP) is 1.38. The number of carbonyl (C=O) groups is 1. The number of carbonyl (C=O) groups excluding carboxylic acids is 1. The van der Waals surface area contributed by atoms with Gasteiger partial charge in [-0.1, -0.05) is 6.08 Å². The zero-order valence-electron chi connectivity index (χ0n) is 10.4. The standard InChI is InChI=1S/C13H16F2N2O2/c1-2-3-17(4-5-18)9-13(19)16-12-7-10(14)6-11(15)8-12/h2,6-8,18H,1,3-5,9H2,(H,16,19). The Hall–Kier alpha value is -1.79. The first-order valence-corrected chi connectivity index (χ1v) is 5.75. The average molecular weight is 270 g/mol. The third-order valence-electron chi connectivity index (χ3n) is 2.32. The van der Waals surface area contributed by atoms with Gasteiger partial charge in [0.15, 0.2) is 0 Å². The molecule has 6 heteroatoms. The molecule has 1 aromatic rings. The molecule has 0 aliphatic carbocycles. The van der Waals surface area contributed by atoms with Gasteiger partial charge in [-0.05, 0) is 12.1 Å². The highest BCUT2D eigenvalue weighted by Gasteiger charge is 2.10. The molecule has 0 heterocycles. The summed E-state index contributed by atoms with van der Waals surface area (Å²) >= 11 is 0. The molecule has 0 saturated heterocycles. The second-order valence-corrected chi connectivity index (χ2v) is 3.95. The quantitative estimate of drug-likeness (QED) is 0.736. The zero-order chi connectivity index (χ0) is 14.3. The lowest BCUT2D eigenvalue weighted by molar-refractivity contribution is -0.117. The summed E-state index contributed by atoms with van der Waals surface area (Å²) < 4.78 is 25.9. The number of nitrogens with one attached hydrogen (secondary N) is 1. The smallest absolute Gasteiger partial charge is 0.238 e. The van der Waals surface area contributed by atoms with Crippen molar-refractivity contribution in [3.63, 3.8) is 0 Å². The maximum absolute atomic E-state index is 12.9. The van der Waals surface area contributed by atoms with Gasteiger partial charge in [0.25, 0.3) is 0 Å². The second-order valence-electron chi connectivity index (χ2n) is 3.95. The minimum absolute atomic E-state index is 0.00467. The zero-order valence-corrected chi connectivity index (χ0v) is 10.4. The molecular formula is C13H16F2N2O2. The highest BCUT2D eigenvalue weighted by Crippen LogP contribution is 2.12. The van der Waals surface area contributed by atoms with Gasteiger partial charge in [-0.2, -0.15) is 0 Å². The van der Waals surface area contributed by atoms with Crippen LogP contribution in [0.5, 0.6) is 0 Å². The van der Waals surface area contributed by atoms with Crippen molar-refractivity contribution in [3.8, 4) is 0 Å². The Balaban J connectivity index is 2.60. The highest BCUT2D eigenvalue weighted by molar-refractivity contribution is 5.92. The number of hydrogen-bond donors (Lipinski definition) is 2. The van der Waals surface area contributed by atoms with E-state index in [4.69, 9.17) is 5.11 Å². The summed E-state index contributed by atoms with van der Waals surface area (Å²) in [6.45, 7) is 4.21. The minimum Gasteiger partial charge on any atom is -0.395 e. The molecule has 0 aromatic heterocycles. The molecule has 4 nitrogen and oxygen atoms in total. The van der Waals surface area contributed by atoms with E-state index >= 15 is 0 Å². The van der Waals surface area contributed by atoms with Gasteiger partial charge in [0.2, 0.25) is 5.91 Å². The third kappa shape index (κ3) is 5.58. The largest absolute Gasteiger partial charge is 0.395 e. The van der Waals surface area contributed by atoms with Gasteiger partial charge in [-0.15, -0.1) is 6.58 Å². The van der Waals surface area contributed by atoms with Crippen LogP contribution in [-0.4, -0.2) is 42.2 Å².